The molecule has 0 spiro atoms. The summed E-state index contributed by atoms with van der Waals surface area (Å²) in [6, 6.07) is 24.8. The van der Waals surface area contributed by atoms with Crippen LogP contribution in [0.5, 0.6) is 0 Å². The van der Waals surface area contributed by atoms with E-state index < -0.39 is 18.1 Å². The molecule has 2 atom stereocenters. The third-order valence-electron chi connectivity index (χ3n) is 4.75. The van der Waals surface area contributed by atoms with Crippen molar-refractivity contribution >= 4 is 35.2 Å². The Labute approximate surface area is 192 Å². The van der Waals surface area contributed by atoms with E-state index in [1.54, 1.807) is 48.2 Å². The van der Waals surface area contributed by atoms with Gasteiger partial charge in [-0.1, -0.05) is 72.3 Å². The number of rotatable bonds is 9. The zero-order valence-electron chi connectivity index (χ0n) is 17.2. The molecule has 3 rings (SSSR count). The average Bonchev–Trinajstić information content (AvgIpc) is 2.81. The number of nitrogens with one attached hydrogen (secondary N) is 1. The molecule has 0 radical (unpaired) electrons. The Morgan fingerprint density at radius 1 is 0.903 bits per heavy atom. The molecule has 0 fully saturated rings. The van der Waals surface area contributed by atoms with Gasteiger partial charge in [0.15, 0.2) is 6.10 Å². The molecule has 160 valence electrons. The number of hydrogen-bond donors (Lipinski definition) is 1. The third-order valence-corrected chi connectivity index (χ3v) is 5.64. The second kappa shape index (κ2) is 11.6. The molecule has 4 nitrogen and oxygen atoms in total. The van der Waals surface area contributed by atoms with Crippen molar-refractivity contribution in [3.05, 3.63) is 107 Å². The SMILES string of the molecule is CSCCC(NC(=O)c1ccccc1)C(=O)OC(c1ccccc1)c1ccc(Cl)cc1. The predicted molar refractivity (Wildman–Crippen MR) is 127 cm³/mol. The van der Waals surface area contributed by atoms with Crippen molar-refractivity contribution < 1.29 is 14.3 Å². The zero-order chi connectivity index (χ0) is 22.1. The maximum atomic E-state index is 13.2. The van der Waals surface area contributed by atoms with Gasteiger partial charge in [0.25, 0.3) is 5.91 Å². The van der Waals surface area contributed by atoms with E-state index in [4.69, 9.17) is 16.3 Å². The first-order chi connectivity index (χ1) is 15.1. The number of thioether (sulfide) groups is 1. The normalized spacial score (nSPS) is 12.6. The van der Waals surface area contributed by atoms with Gasteiger partial charge in [0.1, 0.15) is 6.04 Å². The quantitative estimate of drug-likeness (QED) is 0.433. The highest BCUT2D eigenvalue weighted by atomic mass is 35.5. The van der Waals surface area contributed by atoms with Gasteiger partial charge in [-0.3, -0.25) is 4.79 Å². The first-order valence-electron chi connectivity index (χ1n) is 9.94. The second-order valence-electron chi connectivity index (χ2n) is 6.95. The molecule has 0 saturated carbocycles. The highest BCUT2D eigenvalue weighted by molar-refractivity contribution is 7.98. The molecule has 0 aliphatic heterocycles. The summed E-state index contributed by atoms with van der Waals surface area (Å²) >= 11 is 7.64. The van der Waals surface area contributed by atoms with Crippen LogP contribution in [0.15, 0.2) is 84.9 Å². The minimum atomic E-state index is -0.751. The van der Waals surface area contributed by atoms with Crippen molar-refractivity contribution in [1.82, 2.24) is 5.32 Å². The van der Waals surface area contributed by atoms with Crippen LogP contribution in [-0.4, -0.2) is 29.9 Å². The predicted octanol–water partition coefficient (Wildman–Crippen LogP) is 5.52. The van der Waals surface area contributed by atoms with Crippen LogP contribution in [0.25, 0.3) is 0 Å². The van der Waals surface area contributed by atoms with Crippen molar-refractivity contribution in [3.8, 4) is 0 Å². The summed E-state index contributed by atoms with van der Waals surface area (Å²) in [5, 5.41) is 3.44. The lowest BCUT2D eigenvalue weighted by Crippen LogP contribution is -2.42. The van der Waals surface area contributed by atoms with Crippen molar-refractivity contribution in [2.75, 3.05) is 12.0 Å². The number of benzene rings is 3. The van der Waals surface area contributed by atoms with Gasteiger partial charge in [-0.25, -0.2) is 4.79 Å². The summed E-state index contributed by atoms with van der Waals surface area (Å²) in [5.41, 5.74) is 2.15. The van der Waals surface area contributed by atoms with Crippen LogP contribution in [0.1, 0.15) is 34.0 Å². The minimum Gasteiger partial charge on any atom is -0.451 e. The van der Waals surface area contributed by atoms with Gasteiger partial charge in [0.2, 0.25) is 0 Å². The molecule has 0 aliphatic carbocycles. The Bertz CT molecular complexity index is 981. The lowest BCUT2D eigenvalue weighted by Gasteiger charge is -2.23. The standard InChI is InChI=1S/C25H24ClNO3S/c1-31-17-16-22(27-24(28)20-10-6-3-7-11-20)25(29)30-23(18-8-4-2-5-9-18)19-12-14-21(26)15-13-19/h2-15,22-23H,16-17H2,1H3,(H,27,28). The van der Waals surface area contributed by atoms with Crippen LogP contribution in [0.4, 0.5) is 0 Å². The van der Waals surface area contributed by atoms with Crippen molar-refractivity contribution in [3.63, 3.8) is 0 Å². The molecule has 1 N–H and O–H groups in total. The van der Waals surface area contributed by atoms with Crippen LogP contribution in [0, 0.1) is 0 Å². The molecule has 1 amide bonds. The second-order valence-corrected chi connectivity index (χ2v) is 8.37. The van der Waals surface area contributed by atoms with E-state index in [9.17, 15) is 9.59 Å². The number of amides is 1. The number of carbonyl (C=O) groups excluding carboxylic acids is 2. The molecule has 0 aromatic heterocycles. The fraction of sp³-hybridized carbons (Fsp3) is 0.200. The summed E-state index contributed by atoms with van der Waals surface area (Å²) in [7, 11) is 0. The van der Waals surface area contributed by atoms with E-state index in [2.05, 4.69) is 5.32 Å². The van der Waals surface area contributed by atoms with E-state index in [0.29, 0.717) is 22.8 Å². The van der Waals surface area contributed by atoms with Crippen molar-refractivity contribution in [2.24, 2.45) is 0 Å². The van der Waals surface area contributed by atoms with Gasteiger partial charge < -0.3 is 10.1 Å². The molecule has 3 aromatic carbocycles. The maximum absolute atomic E-state index is 13.2. The molecule has 2 unspecified atom stereocenters. The molecule has 6 heteroatoms. The molecule has 0 aliphatic rings. The van der Waals surface area contributed by atoms with Crippen molar-refractivity contribution in [1.29, 1.82) is 0 Å². The molecular weight excluding hydrogens is 430 g/mol. The van der Waals surface area contributed by atoms with E-state index >= 15 is 0 Å². The molecule has 0 saturated heterocycles. The van der Waals surface area contributed by atoms with Crippen molar-refractivity contribution in [2.45, 2.75) is 18.6 Å². The van der Waals surface area contributed by atoms with Crippen LogP contribution < -0.4 is 5.32 Å². The molecule has 0 heterocycles. The van der Waals surface area contributed by atoms with Crippen LogP contribution >= 0.6 is 23.4 Å². The Morgan fingerprint density at radius 2 is 1.48 bits per heavy atom. The molecule has 3 aromatic rings. The van der Waals surface area contributed by atoms with Crippen LogP contribution in [-0.2, 0) is 9.53 Å². The molecular formula is C25H24ClNO3S. The van der Waals surface area contributed by atoms with Crippen LogP contribution in [0.2, 0.25) is 5.02 Å². The highest BCUT2D eigenvalue weighted by Gasteiger charge is 2.27. The monoisotopic (exact) mass is 453 g/mol. The van der Waals surface area contributed by atoms with Gasteiger partial charge >= 0.3 is 5.97 Å². The molecule has 31 heavy (non-hydrogen) atoms. The van der Waals surface area contributed by atoms with Gasteiger partial charge in [0, 0.05) is 10.6 Å². The number of ether oxygens (including phenoxy) is 1. The summed E-state index contributed by atoms with van der Waals surface area (Å²) in [6.07, 6.45) is 1.83. The number of halogens is 1. The average molecular weight is 454 g/mol. The first kappa shape index (κ1) is 22.9. The van der Waals surface area contributed by atoms with E-state index in [0.717, 1.165) is 11.1 Å². The minimum absolute atomic E-state index is 0.300. The van der Waals surface area contributed by atoms with E-state index in [-0.39, 0.29) is 5.91 Å². The van der Waals surface area contributed by atoms with Gasteiger partial charge in [-0.2, -0.15) is 11.8 Å². The summed E-state index contributed by atoms with van der Waals surface area (Å²) in [5.74, 6) is -0.0558. The largest absolute Gasteiger partial charge is 0.451 e. The Balaban J connectivity index is 1.82. The topological polar surface area (TPSA) is 55.4 Å². The van der Waals surface area contributed by atoms with Crippen LogP contribution in [0.3, 0.4) is 0 Å². The zero-order valence-corrected chi connectivity index (χ0v) is 18.7. The first-order valence-corrected chi connectivity index (χ1v) is 11.7. The van der Waals surface area contributed by atoms with Gasteiger partial charge in [-0.15, -0.1) is 0 Å². The lowest BCUT2D eigenvalue weighted by atomic mass is 10.0. The summed E-state index contributed by atoms with van der Waals surface area (Å²) in [6.45, 7) is 0. The Kier molecular flexibility index (Phi) is 8.56. The molecule has 0 bridgehead atoms. The summed E-state index contributed by atoms with van der Waals surface area (Å²) < 4.78 is 5.95. The fourth-order valence-electron chi connectivity index (χ4n) is 3.11. The number of esters is 1. The number of carbonyl (C=O) groups is 2. The van der Waals surface area contributed by atoms with E-state index in [1.165, 1.54) is 0 Å². The summed E-state index contributed by atoms with van der Waals surface area (Å²) in [4.78, 5) is 25.8. The number of hydrogen-bond acceptors (Lipinski definition) is 4. The van der Waals surface area contributed by atoms with Gasteiger partial charge in [0.05, 0.1) is 0 Å². The van der Waals surface area contributed by atoms with Gasteiger partial charge in [-0.05, 0) is 53.8 Å². The third kappa shape index (κ3) is 6.61. The Morgan fingerprint density at radius 3 is 2.10 bits per heavy atom. The fourth-order valence-corrected chi connectivity index (χ4v) is 3.71. The lowest BCUT2D eigenvalue weighted by molar-refractivity contribution is -0.150. The highest BCUT2D eigenvalue weighted by Crippen LogP contribution is 2.28. The smallest absolute Gasteiger partial charge is 0.329 e. The Hall–Kier alpha value is -2.76. The maximum Gasteiger partial charge on any atom is 0.329 e. The van der Waals surface area contributed by atoms with E-state index in [1.807, 2.05) is 54.8 Å².